The first kappa shape index (κ1) is 15.2. The Hall–Kier alpha value is -0.870. The van der Waals surface area contributed by atoms with Crippen LogP contribution in [0.25, 0.3) is 0 Å². The first-order valence-electron chi connectivity index (χ1n) is 7.02. The number of hydrogen-bond acceptors (Lipinski definition) is 3. The summed E-state index contributed by atoms with van der Waals surface area (Å²) in [6, 6.07) is 2.29. The van der Waals surface area contributed by atoms with E-state index < -0.39 is 0 Å². The fourth-order valence-corrected chi connectivity index (χ4v) is 2.35. The van der Waals surface area contributed by atoms with Crippen molar-refractivity contribution < 1.29 is 4.74 Å². The van der Waals surface area contributed by atoms with Crippen molar-refractivity contribution in [1.29, 1.82) is 0 Å². The van der Waals surface area contributed by atoms with Gasteiger partial charge in [0.05, 0.1) is 17.8 Å². The maximum absolute atomic E-state index is 5.94. The summed E-state index contributed by atoms with van der Waals surface area (Å²) < 4.78 is 7.98. The Bertz CT molecular complexity index is 336. The Morgan fingerprint density at radius 3 is 2.56 bits per heavy atom. The minimum atomic E-state index is 0.178. The molecule has 1 aromatic heterocycles. The molecular weight excluding hydrogens is 226 g/mol. The molecule has 0 fully saturated rings. The fourth-order valence-electron chi connectivity index (χ4n) is 2.35. The van der Waals surface area contributed by atoms with Crippen molar-refractivity contribution in [2.45, 2.75) is 53.3 Å². The number of hydrogen-bond donors (Lipinski definition) is 1. The van der Waals surface area contributed by atoms with Crippen LogP contribution < -0.4 is 5.32 Å². The van der Waals surface area contributed by atoms with Crippen molar-refractivity contribution in [3.8, 4) is 0 Å². The second-order valence-corrected chi connectivity index (χ2v) is 4.77. The molecule has 0 aliphatic carbocycles. The van der Waals surface area contributed by atoms with Gasteiger partial charge in [-0.25, -0.2) is 0 Å². The van der Waals surface area contributed by atoms with Crippen LogP contribution in [0.5, 0.6) is 0 Å². The molecule has 1 aromatic rings. The van der Waals surface area contributed by atoms with E-state index in [1.165, 1.54) is 5.69 Å². The molecule has 2 unspecified atom stereocenters. The van der Waals surface area contributed by atoms with E-state index in [4.69, 9.17) is 4.74 Å². The fraction of sp³-hybridized carbons (Fsp3) is 0.786. The lowest BCUT2D eigenvalue weighted by Crippen LogP contribution is -2.38. The predicted octanol–water partition coefficient (Wildman–Crippen LogP) is 2.61. The first-order chi connectivity index (χ1) is 8.65. The van der Waals surface area contributed by atoms with Crippen molar-refractivity contribution in [3.63, 3.8) is 0 Å². The van der Waals surface area contributed by atoms with Gasteiger partial charge in [-0.3, -0.25) is 4.68 Å². The molecule has 1 N–H and O–H groups in total. The number of nitrogens with zero attached hydrogens (tertiary/aromatic N) is 2. The highest BCUT2D eigenvalue weighted by Crippen LogP contribution is 2.24. The van der Waals surface area contributed by atoms with Gasteiger partial charge in [0.25, 0.3) is 0 Å². The zero-order valence-corrected chi connectivity index (χ0v) is 12.3. The number of aromatic nitrogens is 2. The Morgan fingerprint density at radius 2 is 2.06 bits per heavy atom. The van der Waals surface area contributed by atoms with Crippen LogP contribution in [0.3, 0.4) is 0 Å². The molecule has 0 saturated carbocycles. The molecule has 0 bridgehead atoms. The molecule has 104 valence electrons. The van der Waals surface area contributed by atoms with E-state index in [0.29, 0.717) is 5.92 Å². The maximum atomic E-state index is 5.94. The van der Waals surface area contributed by atoms with Crippen LogP contribution in [0.4, 0.5) is 0 Å². The van der Waals surface area contributed by atoms with E-state index in [2.05, 4.69) is 51.1 Å². The van der Waals surface area contributed by atoms with Gasteiger partial charge in [-0.15, -0.1) is 0 Å². The Balaban J connectivity index is 2.99. The third-order valence-corrected chi connectivity index (χ3v) is 3.14. The maximum Gasteiger partial charge on any atom is 0.0807 e. The van der Waals surface area contributed by atoms with Crippen LogP contribution in [0.2, 0.25) is 0 Å². The number of nitrogens with one attached hydrogen (secondary N) is 1. The van der Waals surface area contributed by atoms with E-state index in [-0.39, 0.29) is 12.1 Å². The molecule has 0 spiro atoms. The minimum Gasteiger partial charge on any atom is -0.376 e. The largest absolute Gasteiger partial charge is 0.376 e. The topological polar surface area (TPSA) is 39.1 Å². The summed E-state index contributed by atoms with van der Waals surface area (Å²) >= 11 is 0. The molecule has 0 aromatic carbocycles. The highest BCUT2D eigenvalue weighted by Gasteiger charge is 2.28. The standard InChI is InChI=1S/C14H27N3O/c1-6-15-13(14(11(4)5)18-8-3)12-9-10-16-17(12)7-2/h9-11,13-15H,6-8H2,1-5H3. The highest BCUT2D eigenvalue weighted by atomic mass is 16.5. The predicted molar refractivity (Wildman–Crippen MR) is 74.6 cm³/mol. The second kappa shape index (κ2) is 7.54. The highest BCUT2D eigenvalue weighted by molar-refractivity contribution is 5.10. The molecule has 4 heteroatoms. The van der Waals surface area contributed by atoms with Gasteiger partial charge in [-0.2, -0.15) is 5.10 Å². The van der Waals surface area contributed by atoms with E-state index >= 15 is 0 Å². The Labute approximate surface area is 111 Å². The van der Waals surface area contributed by atoms with Crippen molar-refractivity contribution in [2.75, 3.05) is 13.2 Å². The average Bonchev–Trinajstić information content (AvgIpc) is 2.81. The monoisotopic (exact) mass is 253 g/mol. The summed E-state index contributed by atoms with van der Waals surface area (Å²) in [6.45, 7) is 13.3. The lowest BCUT2D eigenvalue weighted by atomic mass is 9.96. The lowest BCUT2D eigenvalue weighted by molar-refractivity contribution is 0.00113. The van der Waals surface area contributed by atoms with Crippen LogP contribution >= 0.6 is 0 Å². The molecule has 0 aliphatic heterocycles. The minimum absolute atomic E-state index is 0.178. The summed E-state index contributed by atoms with van der Waals surface area (Å²) in [4.78, 5) is 0. The van der Waals surface area contributed by atoms with E-state index in [1.807, 2.05) is 10.9 Å². The molecule has 0 aliphatic rings. The molecule has 0 saturated heterocycles. The van der Waals surface area contributed by atoms with Crippen molar-refractivity contribution in [1.82, 2.24) is 15.1 Å². The molecule has 4 nitrogen and oxygen atoms in total. The third-order valence-electron chi connectivity index (χ3n) is 3.14. The lowest BCUT2D eigenvalue weighted by Gasteiger charge is -2.31. The van der Waals surface area contributed by atoms with Crippen LogP contribution in [0.15, 0.2) is 12.3 Å². The third kappa shape index (κ3) is 3.56. The van der Waals surface area contributed by atoms with E-state index in [0.717, 1.165) is 19.7 Å². The molecule has 18 heavy (non-hydrogen) atoms. The van der Waals surface area contributed by atoms with E-state index in [1.54, 1.807) is 0 Å². The zero-order valence-electron chi connectivity index (χ0n) is 12.3. The summed E-state index contributed by atoms with van der Waals surface area (Å²) in [7, 11) is 0. The van der Waals surface area contributed by atoms with Crippen LogP contribution in [-0.4, -0.2) is 29.0 Å². The summed E-state index contributed by atoms with van der Waals surface area (Å²) in [5.74, 6) is 0.467. The van der Waals surface area contributed by atoms with Gasteiger partial charge in [-0.1, -0.05) is 20.8 Å². The number of likely N-dealkylation sites (N-methyl/N-ethyl adjacent to an activating group) is 1. The van der Waals surface area contributed by atoms with Gasteiger partial charge in [0, 0.05) is 19.3 Å². The molecular formula is C14H27N3O. The van der Waals surface area contributed by atoms with Crippen molar-refractivity contribution >= 4 is 0 Å². The number of ether oxygens (including phenoxy) is 1. The molecule has 1 heterocycles. The van der Waals surface area contributed by atoms with Gasteiger partial charge in [0.2, 0.25) is 0 Å². The normalized spacial score (nSPS) is 15.0. The Morgan fingerprint density at radius 1 is 1.33 bits per heavy atom. The van der Waals surface area contributed by atoms with Crippen molar-refractivity contribution in [3.05, 3.63) is 18.0 Å². The van der Waals surface area contributed by atoms with Crippen molar-refractivity contribution in [2.24, 2.45) is 5.92 Å². The summed E-state index contributed by atoms with van der Waals surface area (Å²) in [5.41, 5.74) is 1.21. The SMILES string of the molecule is CCNC(c1ccnn1CC)C(OCC)C(C)C. The summed E-state index contributed by atoms with van der Waals surface area (Å²) in [5, 5.41) is 7.90. The smallest absolute Gasteiger partial charge is 0.0807 e. The molecule has 2 atom stereocenters. The van der Waals surface area contributed by atoms with Gasteiger partial charge in [0.15, 0.2) is 0 Å². The van der Waals surface area contributed by atoms with Gasteiger partial charge in [-0.05, 0) is 32.4 Å². The van der Waals surface area contributed by atoms with Crippen LogP contribution in [-0.2, 0) is 11.3 Å². The van der Waals surface area contributed by atoms with Crippen LogP contribution in [0.1, 0.15) is 46.4 Å². The average molecular weight is 253 g/mol. The van der Waals surface area contributed by atoms with Gasteiger partial charge < -0.3 is 10.1 Å². The zero-order chi connectivity index (χ0) is 13.5. The van der Waals surface area contributed by atoms with E-state index in [9.17, 15) is 0 Å². The molecule has 0 amide bonds. The number of aryl methyl sites for hydroxylation is 1. The second-order valence-electron chi connectivity index (χ2n) is 4.77. The summed E-state index contributed by atoms with van der Waals surface area (Å²) in [6.07, 6.45) is 2.05. The van der Waals surface area contributed by atoms with Gasteiger partial charge >= 0.3 is 0 Å². The quantitative estimate of drug-likeness (QED) is 0.774. The Kier molecular flexibility index (Phi) is 6.36. The molecule has 0 radical (unpaired) electrons. The van der Waals surface area contributed by atoms with Gasteiger partial charge in [0.1, 0.15) is 0 Å². The van der Waals surface area contributed by atoms with Crippen LogP contribution in [0, 0.1) is 5.92 Å². The number of rotatable bonds is 8. The first-order valence-corrected chi connectivity index (χ1v) is 7.02. The molecule has 1 rings (SSSR count).